The first-order chi connectivity index (χ1) is 11.0. The van der Waals surface area contributed by atoms with Gasteiger partial charge in [0, 0.05) is 11.9 Å². The molecular formula is C17H16N4O2. The molecule has 3 rings (SSSR count). The van der Waals surface area contributed by atoms with Crippen LogP contribution in [0.3, 0.4) is 0 Å². The molecule has 0 spiro atoms. The Labute approximate surface area is 133 Å². The number of carbonyl (C=O) groups is 1. The van der Waals surface area contributed by atoms with Crippen molar-refractivity contribution in [3.8, 4) is 11.6 Å². The summed E-state index contributed by atoms with van der Waals surface area (Å²) < 4.78 is 5.21. The lowest BCUT2D eigenvalue weighted by Gasteiger charge is -2.09. The largest absolute Gasteiger partial charge is 0.461 e. The molecule has 0 aliphatic carbocycles. The average molecular weight is 308 g/mol. The zero-order valence-corrected chi connectivity index (χ0v) is 12.8. The van der Waals surface area contributed by atoms with Crippen molar-refractivity contribution >= 4 is 17.4 Å². The van der Waals surface area contributed by atoms with E-state index >= 15 is 0 Å². The van der Waals surface area contributed by atoms with E-state index in [-0.39, 0.29) is 17.3 Å². The van der Waals surface area contributed by atoms with E-state index in [0.717, 1.165) is 11.1 Å². The van der Waals surface area contributed by atoms with Crippen LogP contribution in [0, 0.1) is 13.8 Å². The number of amides is 1. The van der Waals surface area contributed by atoms with Gasteiger partial charge < -0.3 is 15.5 Å². The first-order valence-corrected chi connectivity index (χ1v) is 7.09. The van der Waals surface area contributed by atoms with Gasteiger partial charge in [-0.1, -0.05) is 6.07 Å². The second-order valence-electron chi connectivity index (χ2n) is 5.22. The summed E-state index contributed by atoms with van der Waals surface area (Å²) in [5, 5.41) is 2.80. The molecule has 23 heavy (non-hydrogen) atoms. The van der Waals surface area contributed by atoms with E-state index in [0.29, 0.717) is 17.3 Å². The number of furan rings is 1. The minimum absolute atomic E-state index is 0.104. The third kappa shape index (κ3) is 3.06. The SMILES string of the molecule is Cc1ccc(NC(=O)c2cnc(-c3ccco3)nc2N)cc1C. The van der Waals surface area contributed by atoms with Crippen LogP contribution in [0.25, 0.3) is 11.6 Å². The second-order valence-corrected chi connectivity index (χ2v) is 5.22. The zero-order valence-electron chi connectivity index (χ0n) is 12.8. The summed E-state index contributed by atoms with van der Waals surface area (Å²) in [5.74, 6) is 0.595. The summed E-state index contributed by atoms with van der Waals surface area (Å²) in [4.78, 5) is 20.6. The van der Waals surface area contributed by atoms with Gasteiger partial charge >= 0.3 is 0 Å². The Morgan fingerprint density at radius 3 is 2.70 bits per heavy atom. The van der Waals surface area contributed by atoms with Crippen LogP contribution >= 0.6 is 0 Å². The number of aryl methyl sites for hydroxylation is 2. The van der Waals surface area contributed by atoms with Gasteiger partial charge in [-0.15, -0.1) is 0 Å². The van der Waals surface area contributed by atoms with E-state index in [4.69, 9.17) is 10.2 Å². The van der Waals surface area contributed by atoms with Crippen molar-refractivity contribution in [1.29, 1.82) is 0 Å². The molecular weight excluding hydrogens is 292 g/mol. The maximum atomic E-state index is 12.3. The number of nitrogens with one attached hydrogen (secondary N) is 1. The number of benzene rings is 1. The fourth-order valence-electron chi connectivity index (χ4n) is 2.11. The van der Waals surface area contributed by atoms with Crippen LogP contribution in [-0.4, -0.2) is 15.9 Å². The van der Waals surface area contributed by atoms with E-state index in [2.05, 4.69) is 15.3 Å². The number of hydrogen-bond donors (Lipinski definition) is 2. The van der Waals surface area contributed by atoms with Gasteiger partial charge in [-0.2, -0.15) is 0 Å². The maximum Gasteiger partial charge on any atom is 0.260 e. The molecule has 0 bridgehead atoms. The Morgan fingerprint density at radius 1 is 1.22 bits per heavy atom. The van der Waals surface area contributed by atoms with E-state index in [1.807, 2.05) is 32.0 Å². The number of nitrogens with two attached hydrogens (primary N) is 1. The van der Waals surface area contributed by atoms with Crippen molar-refractivity contribution in [2.75, 3.05) is 11.1 Å². The molecule has 1 amide bonds. The van der Waals surface area contributed by atoms with Gasteiger partial charge in [0.05, 0.1) is 6.26 Å². The third-order valence-corrected chi connectivity index (χ3v) is 3.57. The molecule has 2 aromatic heterocycles. The topological polar surface area (TPSA) is 94.0 Å². The van der Waals surface area contributed by atoms with Gasteiger partial charge in [-0.05, 0) is 49.2 Å². The highest BCUT2D eigenvalue weighted by molar-refractivity contribution is 6.07. The summed E-state index contributed by atoms with van der Waals surface area (Å²) in [5.41, 5.74) is 9.06. The summed E-state index contributed by atoms with van der Waals surface area (Å²) >= 11 is 0. The molecule has 0 radical (unpaired) electrons. The van der Waals surface area contributed by atoms with E-state index in [1.165, 1.54) is 12.5 Å². The summed E-state index contributed by atoms with van der Waals surface area (Å²) in [6.07, 6.45) is 2.92. The molecule has 6 heteroatoms. The molecule has 3 aromatic rings. The Bertz CT molecular complexity index is 857. The summed E-state index contributed by atoms with van der Waals surface area (Å²) in [6, 6.07) is 9.15. The van der Waals surface area contributed by atoms with Crippen LogP contribution in [0.5, 0.6) is 0 Å². The molecule has 0 fully saturated rings. The maximum absolute atomic E-state index is 12.3. The second kappa shape index (κ2) is 5.92. The molecule has 1 aromatic carbocycles. The normalized spacial score (nSPS) is 10.5. The summed E-state index contributed by atoms with van der Waals surface area (Å²) in [7, 11) is 0. The van der Waals surface area contributed by atoms with Crippen molar-refractivity contribution in [2.45, 2.75) is 13.8 Å². The Hall–Kier alpha value is -3.15. The van der Waals surface area contributed by atoms with Crippen molar-refractivity contribution in [1.82, 2.24) is 9.97 Å². The molecule has 0 atom stereocenters. The van der Waals surface area contributed by atoms with Gasteiger partial charge in [0.15, 0.2) is 11.6 Å². The Balaban J connectivity index is 1.83. The average Bonchev–Trinajstić information content (AvgIpc) is 3.05. The minimum atomic E-state index is -0.350. The lowest BCUT2D eigenvalue weighted by Crippen LogP contribution is -2.16. The quantitative estimate of drug-likeness (QED) is 0.775. The lowest BCUT2D eigenvalue weighted by molar-refractivity contribution is 0.102. The van der Waals surface area contributed by atoms with Crippen LogP contribution in [0.1, 0.15) is 21.5 Å². The van der Waals surface area contributed by atoms with E-state index in [9.17, 15) is 4.79 Å². The zero-order chi connectivity index (χ0) is 16.4. The highest BCUT2D eigenvalue weighted by atomic mass is 16.3. The van der Waals surface area contributed by atoms with Crippen LogP contribution in [-0.2, 0) is 0 Å². The third-order valence-electron chi connectivity index (χ3n) is 3.57. The molecule has 0 saturated carbocycles. The predicted octanol–water partition coefficient (Wildman–Crippen LogP) is 3.19. The Kier molecular flexibility index (Phi) is 3.80. The number of rotatable bonds is 3. The minimum Gasteiger partial charge on any atom is -0.461 e. The Morgan fingerprint density at radius 2 is 2.04 bits per heavy atom. The van der Waals surface area contributed by atoms with E-state index < -0.39 is 0 Å². The van der Waals surface area contributed by atoms with Gasteiger partial charge in [0.1, 0.15) is 11.4 Å². The van der Waals surface area contributed by atoms with Gasteiger partial charge in [-0.25, -0.2) is 9.97 Å². The number of hydrogen-bond acceptors (Lipinski definition) is 5. The number of nitrogens with zero attached hydrogens (tertiary/aromatic N) is 2. The molecule has 0 saturated heterocycles. The van der Waals surface area contributed by atoms with Gasteiger partial charge in [0.2, 0.25) is 0 Å². The molecule has 6 nitrogen and oxygen atoms in total. The van der Waals surface area contributed by atoms with Crippen molar-refractivity contribution in [3.63, 3.8) is 0 Å². The number of aromatic nitrogens is 2. The fourth-order valence-corrected chi connectivity index (χ4v) is 2.11. The molecule has 0 aliphatic rings. The first-order valence-electron chi connectivity index (χ1n) is 7.09. The molecule has 3 N–H and O–H groups in total. The standard InChI is InChI=1S/C17H16N4O2/c1-10-5-6-12(8-11(10)2)20-17(22)13-9-19-16(21-15(13)18)14-4-3-7-23-14/h3-9H,1-2H3,(H,20,22)(H2,18,19,21). The van der Waals surface area contributed by atoms with Crippen LogP contribution in [0.4, 0.5) is 11.5 Å². The highest BCUT2D eigenvalue weighted by Crippen LogP contribution is 2.20. The summed E-state index contributed by atoms with van der Waals surface area (Å²) in [6.45, 7) is 4.00. The van der Waals surface area contributed by atoms with Crippen LogP contribution < -0.4 is 11.1 Å². The smallest absolute Gasteiger partial charge is 0.260 e. The number of nitrogen functional groups attached to an aromatic ring is 1. The molecule has 2 heterocycles. The van der Waals surface area contributed by atoms with Crippen LogP contribution in [0.15, 0.2) is 47.2 Å². The van der Waals surface area contributed by atoms with Crippen LogP contribution in [0.2, 0.25) is 0 Å². The first kappa shape index (κ1) is 14.8. The van der Waals surface area contributed by atoms with Gasteiger partial charge in [-0.3, -0.25) is 4.79 Å². The monoisotopic (exact) mass is 308 g/mol. The molecule has 0 unspecified atom stereocenters. The number of carbonyl (C=O) groups excluding carboxylic acids is 1. The van der Waals surface area contributed by atoms with Crippen molar-refractivity contribution in [3.05, 3.63) is 59.5 Å². The molecule has 116 valence electrons. The van der Waals surface area contributed by atoms with Crippen molar-refractivity contribution < 1.29 is 9.21 Å². The molecule has 0 aliphatic heterocycles. The number of anilines is 2. The van der Waals surface area contributed by atoms with Gasteiger partial charge in [0.25, 0.3) is 5.91 Å². The van der Waals surface area contributed by atoms with E-state index in [1.54, 1.807) is 12.1 Å². The highest BCUT2D eigenvalue weighted by Gasteiger charge is 2.14. The fraction of sp³-hybridized carbons (Fsp3) is 0.118. The van der Waals surface area contributed by atoms with Crippen molar-refractivity contribution in [2.24, 2.45) is 0 Å². The lowest BCUT2D eigenvalue weighted by atomic mass is 10.1. The predicted molar refractivity (Wildman–Crippen MR) is 88.0 cm³/mol.